The molecule has 1 aliphatic carbocycles. The lowest BCUT2D eigenvalue weighted by Crippen LogP contribution is -2.29. The number of rotatable bonds is 9. The lowest BCUT2D eigenvalue weighted by molar-refractivity contribution is 0.609. The van der Waals surface area contributed by atoms with Crippen LogP contribution in [0.1, 0.15) is 25.3 Å². The molecule has 0 heterocycles. The Morgan fingerprint density at radius 1 is 1.11 bits per heavy atom. The molecular weight excluding hydrogens is 240 g/mol. The maximum Gasteiger partial charge on any atom is 0.00793 e. The molecule has 0 atom stereocenters. The Bertz CT molecular complexity index is 333. The van der Waals surface area contributed by atoms with E-state index in [1.54, 1.807) is 0 Å². The maximum absolute atomic E-state index is 3.51. The van der Waals surface area contributed by atoms with Crippen LogP contribution in [0.3, 0.4) is 0 Å². The molecule has 0 amide bonds. The number of hydrogen-bond donors (Lipinski definition) is 2. The molecule has 1 aromatic rings. The Labute approximate surface area is 115 Å². The molecule has 0 aromatic heterocycles. The van der Waals surface area contributed by atoms with Gasteiger partial charge in [0, 0.05) is 24.0 Å². The SMILES string of the molecule is CCSc1ccc(CCNCCNC2CC2)cc1. The van der Waals surface area contributed by atoms with Crippen molar-refractivity contribution in [3.8, 4) is 0 Å². The fraction of sp³-hybridized carbons (Fsp3) is 0.600. The van der Waals surface area contributed by atoms with Crippen LogP contribution in [0.15, 0.2) is 29.2 Å². The first-order valence-electron chi connectivity index (χ1n) is 7.04. The Morgan fingerprint density at radius 3 is 2.56 bits per heavy atom. The van der Waals surface area contributed by atoms with E-state index >= 15 is 0 Å². The molecular formula is C15H24N2S. The lowest BCUT2D eigenvalue weighted by atomic mass is 10.1. The molecule has 1 saturated carbocycles. The summed E-state index contributed by atoms with van der Waals surface area (Å²) in [5, 5.41) is 7.00. The van der Waals surface area contributed by atoms with E-state index in [1.165, 1.54) is 23.3 Å². The van der Waals surface area contributed by atoms with Crippen LogP contribution < -0.4 is 10.6 Å². The van der Waals surface area contributed by atoms with Gasteiger partial charge >= 0.3 is 0 Å². The predicted molar refractivity (Wildman–Crippen MR) is 80.4 cm³/mol. The van der Waals surface area contributed by atoms with E-state index in [1.807, 2.05) is 11.8 Å². The zero-order valence-electron chi connectivity index (χ0n) is 11.2. The van der Waals surface area contributed by atoms with Crippen LogP contribution in [0.2, 0.25) is 0 Å². The standard InChI is InChI=1S/C15H24N2S/c1-2-18-15-7-3-13(4-8-15)9-10-16-11-12-17-14-5-6-14/h3-4,7-8,14,16-17H,2,5-6,9-12H2,1H3. The van der Waals surface area contributed by atoms with Crippen LogP contribution in [0, 0.1) is 0 Å². The van der Waals surface area contributed by atoms with Crippen molar-refractivity contribution in [3.63, 3.8) is 0 Å². The molecule has 1 aromatic carbocycles. The smallest absolute Gasteiger partial charge is 0.00793 e. The zero-order valence-corrected chi connectivity index (χ0v) is 12.1. The average molecular weight is 264 g/mol. The minimum Gasteiger partial charge on any atom is -0.315 e. The summed E-state index contributed by atoms with van der Waals surface area (Å²) in [6.45, 7) is 5.46. The number of hydrogen-bond acceptors (Lipinski definition) is 3. The van der Waals surface area contributed by atoms with Gasteiger partial charge in [0.1, 0.15) is 0 Å². The van der Waals surface area contributed by atoms with Gasteiger partial charge < -0.3 is 10.6 Å². The van der Waals surface area contributed by atoms with Gasteiger partial charge in [0.05, 0.1) is 0 Å². The highest BCUT2D eigenvalue weighted by atomic mass is 32.2. The third-order valence-corrected chi connectivity index (χ3v) is 4.03. The van der Waals surface area contributed by atoms with E-state index in [-0.39, 0.29) is 0 Å². The quantitative estimate of drug-likeness (QED) is 0.530. The Morgan fingerprint density at radius 2 is 1.89 bits per heavy atom. The van der Waals surface area contributed by atoms with Crippen LogP contribution in [-0.2, 0) is 6.42 Å². The monoisotopic (exact) mass is 264 g/mol. The largest absolute Gasteiger partial charge is 0.315 e. The van der Waals surface area contributed by atoms with Crippen molar-refractivity contribution in [1.29, 1.82) is 0 Å². The molecule has 0 aliphatic heterocycles. The summed E-state index contributed by atoms with van der Waals surface area (Å²) < 4.78 is 0. The molecule has 0 bridgehead atoms. The summed E-state index contributed by atoms with van der Waals surface area (Å²) in [7, 11) is 0. The van der Waals surface area contributed by atoms with Gasteiger partial charge in [-0.1, -0.05) is 19.1 Å². The summed E-state index contributed by atoms with van der Waals surface area (Å²) in [6, 6.07) is 9.80. The van der Waals surface area contributed by atoms with Crippen molar-refractivity contribution in [3.05, 3.63) is 29.8 Å². The van der Waals surface area contributed by atoms with Gasteiger partial charge in [-0.3, -0.25) is 0 Å². The van der Waals surface area contributed by atoms with E-state index in [2.05, 4.69) is 41.8 Å². The summed E-state index contributed by atoms with van der Waals surface area (Å²) in [5.74, 6) is 1.15. The highest BCUT2D eigenvalue weighted by Gasteiger charge is 2.19. The zero-order chi connectivity index (χ0) is 12.6. The van der Waals surface area contributed by atoms with Crippen LogP contribution in [-0.4, -0.2) is 31.4 Å². The first-order chi connectivity index (χ1) is 8.88. The number of thioether (sulfide) groups is 1. The topological polar surface area (TPSA) is 24.1 Å². The maximum atomic E-state index is 3.51. The third-order valence-electron chi connectivity index (χ3n) is 3.14. The van der Waals surface area contributed by atoms with Gasteiger partial charge in [0.2, 0.25) is 0 Å². The first-order valence-corrected chi connectivity index (χ1v) is 8.03. The average Bonchev–Trinajstić information content (AvgIpc) is 3.20. The first kappa shape index (κ1) is 13.9. The summed E-state index contributed by atoms with van der Waals surface area (Å²) in [4.78, 5) is 1.38. The fourth-order valence-corrected chi connectivity index (χ4v) is 2.59. The van der Waals surface area contributed by atoms with Gasteiger partial charge in [0.15, 0.2) is 0 Å². The molecule has 18 heavy (non-hydrogen) atoms. The Balaban J connectivity index is 1.54. The second-order valence-electron chi connectivity index (χ2n) is 4.81. The van der Waals surface area contributed by atoms with Gasteiger partial charge in [-0.2, -0.15) is 0 Å². The molecule has 2 nitrogen and oxygen atoms in total. The molecule has 0 radical (unpaired) electrons. The normalized spacial score (nSPS) is 14.9. The van der Waals surface area contributed by atoms with Crippen molar-refractivity contribution in [2.75, 3.05) is 25.4 Å². The molecule has 2 rings (SSSR count). The molecule has 2 N–H and O–H groups in total. The summed E-state index contributed by atoms with van der Waals surface area (Å²) in [5.41, 5.74) is 1.43. The van der Waals surface area contributed by atoms with Crippen LogP contribution in [0.5, 0.6) is 0 Å². The minimum absolute atomic E-state index is 0.829. The summed E-state index contributed by atoms with van der Waals surface area (Å²) >= 11 is 1.90. The highest BCUT2D eigenvalue weighted by molar-refractivity contribution is 7.99. The van der Waals surface area contributed by atoms with Crippen LogP contribution in [0.25, 0.3) is 0 Å². The van der Waals surface area contributed by atoms with Crippen molar-refractivity contribution in [1.82, 2.24) is 10.6 Å². The van der Waals surface area contributed by atoms with Crippen LogP contribution >= 0.6 is 11.8 Å². The molecule has 1 aliphatic rings. The van der Waals surface area contributed by atoms with Gasteiger partial charge in [-0.25, -0.2) is 0 Å². The summed E-state index contributed by atoms with van der Waals surface area (Å²) in [6.07, 6.45) is 3.88. The third kappa shape index (κ3) is 5.42. The number of benzene rings is 1. The molecule has 0 saturated heterocycles. The van der Waals surface area contributed by atoms with Crippen LogP contribution in [0.4, 0.5) is 0 Å². The molecule has 3 heteroatoms. The molecule has 0 spiro atoms. The Kier molecular flexibility index (Phi) is 6.05. The van der Waals surface area contributed by atoms with Crippen molar-refractivity contribution in [2.45, 2.75) is 37.1 Å². The second kappa shape index (κ2) is 7.82. The predicted octanol–water partition coefficient (Wildman–Crippen LogP) is 2.68. The van der Waals surface area contributed by atoms with Crippen molar-refractivity contribution >= 4 is 11.8 Å². The minimum atomic E-state index is 0.829. The van der Waals surface area contributed by atoms with E-state index in [0.717, 1.165) is 37.8 Å². The van der Waals surface area contributed by atoms with E-state index in [4.69, 9.17) is 0 Å². The van der Waals surface area contributed by atoms with Gasteiger partial charge in [0.25, 0.3) is 0 Å². The van der Waals surface area contributed by atoms with E-state index in [0.29, 0.717) is 0 Å². The molecule has 1 fully saturated rings. The van der Waals surface area contributed by atoms with E-state index in [9.17, 15) is 0 Å². The highest BCUT2D eigenvalue weighted by Crippen LogP contribution is 2.18. The Hall–Kier alpha value is -0.510. The van der Waals surface area contributed by atoms with E-state index < -0.39 is 0 Å². The number of nitrogens with one attached hydrogen (secondary N) is 2. The van der Waals surface area contributed by atoms with Crippen molar-refractivity contribution in [2.24, 2.45) is 0 Å². The lowest BCUT2D eigenvalue weighted by Gasteiger charge is -2.06. The van der Waals surface area contributed by atoms with Gasteiger partial charge in [-0.05, 0) is 49.3 Å². The van der Waals surface area contributed by atoms with Gasteiger partial charge in [-0.15, -0.1) is 11.8 Å². The van der Waals surface area contributed by atoms with Crippen molar-refractivity contribution < 1.29 is 0 Å². The second-order valence-corrected chi connectivity index (χ2v) is 6.14. The fourth-order valence-electron chi connectivity index (χ4n) is 1.93. The molecule has 100 valence electrons. The molecule has 0 unspecified atom stereocenters.